The van der Waals surface area contributed by atoms with Crippen LogP contribution in [0.2, 0.25) is 0 Å². The standard InChI is InChI=1S/C22H24N2O5/c1-13-5-7-14(8-6-13)18-11-20(29-24-18)23-19(25)12-28-22(27)17-9-15-3-2-4-16(10-17)21(15)26/h5-8,11,15-17H,2-4,9-10,12H2,1H3,(H,23,25)/t15-,16+,17?. The van der Waals surface area contributed by atoms with Crippen molar-refractivity contribution in [2.45, 2.75) is 39.0 Å². The van der Waals surface area contributed by atoms with Gasteiger partial charge in [-0.05, 0) is 32.6 Å². The fourth-order valence-electron chi connectivity index (χ4n) is 4.29. The maximum absolute atomic E-state index is 12.4. The van der Waals surface area contributed by atoms with E-state index in [1.54, 1.807) is 6.07 Å². The number of hydrogen-bond donors (Lipinski definition) is 1. The lowest BCUT2D eigenvalue weighted by molar-refractivity contribution is -0.155. The predicted molar refractivity (Wildman–Crippen MR) is 105 cm³/mol. The zero-order valence-electron chi connectivity index (χ0n) is 16.3. The van der Waals surface area contributed by atoms with Crippen LogP contribution < -0.4 is 5.32 Å². The van der Waals surface area contributed by atoms with Gasteiger partial charge >= 0.3 is 5.97 Å². The van der Waals surface area contributed by atoms with Crippen LogP contribution in [0.25, 0.3) is 11.3 Å². The molecule has 0 spiro atoms. The van der Waals surface area contributed by atoms with Crippen molar-refractivity contribution in [2.75, 3.05) is 11.9 Å². The van der Waals surface area contributed by atoms with Gasteiger partial charge in [0.15, 0.2) is 6.61 Å². The van der Waals surface area contributed by atoms with Crippen molar-refractivity contribution in [2.24, 2.45) is 17.8 Å². The van der Waals surface area contributed by atoms with Gasteiger partial charge in [0.2, 0.25) is 5.88 Å². The molecule has 2 fully saturated rings. The van der Waals surface area contributed by atoms with Crippen LogP contribution in [0.15, 0.2) is 34.9 Å². The highest BCUT2D eigenvalue weighted by molar-refractivity contribution is 5.92. The van der Waals surface area contributed by atoms with Crippen LogP contribution in [0, 0.1) is 24.7 Å². The van der Waals surface area contributed by atoms with Crippen LogP contribution in [0.3, 0.4) is 0 Å². The summed E-state index contributed by atoms with van der Waals surface area (Å²) in [6.07, 6.45) is 3.84. The molecule has 2 bridgehead atoms. The highest BCUT2D eigenvalue weighted by Crippen LogP contribution is 2.40. The fraction of sp³-hybridized carbons (Fsp3) is 0.455. The van der Waals surface area contributed by atoms with Gasteiger partial charge in [-0.1, -0.05) is 41.4 Å². The van der Waals surface area contributed by atoms with Crippen molar-refractivity contribution < 1.29 is 23.6 Å². The average molecular weight is 396 g/mol. The molecule has 2 aromatic rings. The minimum atomic E-state index is -0.489. The molecule has 7 nitrogen and oxygen atoms in total. The Labute approximate surface area is 168 Å². The van der Waals surface area contributed by atoms with Crippen LogP contribution in [0.1, 0.15) is 37.7 Å². The summed E-state index contributed by atoms with van der Waals surface area (Å²) in [7, 11) is 0. The molecule has 2 aliphatic carbocycles. The fourth-order valence-corrected chi connectivity index (χ4v) is 4.29. The normalized spacial score (nSPS) is 23.5. The van der Waals surface area contributed by atoms with Crippen molar-refractivity contribution in [1.82, 2.24) is 5.16 Å². The number of carbonyl (C=O) groups excluding carboxylic acids is 3. The first kappa shape index (κ1) is 19.4. The maximum Gasteiger partial charge on any atom is 0.309 e. The number of benzene rings is 1. The van der Waals surface area contributed by atoms with Gasteiger partial charge in [0, 0.05) is 23.5 Å². The Balaban J connectivity index is 1.27. The summed E-state index contributed by atoms with van der Waals surface area (Å²) < 4.78 is 10.3. The number of aryl methyl sites for hydroxylation is 1. The maximum atomic E-state index is 12.4. The van der Waals surface area contributed by atoms with Gasteiger partial charge in [-0.3, -0.25) is 19.7 Å². The number of aromatic nitrogens is 1. The van der Waals surface area contributed by atoms with E-state index in [0.29, 0.717) is 24.3 Å². The molecule has 1 aromatic carbocycles. The van der Waals surface area contributed by atoms with E-state index in [1.165, 1.54) is 0 Å². The number of anilines is 1. The topological polar surface area (TPSA) is 98.5 Å². The smallest absolute Gasteiger partial charge is 0.309 e. The van der Waals surface area contributed by atoms with Gasteiger partial charge in [0.25, 0.3) is 5.91 Å². The van der Waals surface area contributed by atoms with Crippen LogP contribution in [-0.2, 0) is 19.1 Å². The minimum Gasteiger partial charge on any atom is -0.455 e. The van der Waals surface area contributed by atoms with Crippen LogP contribution in [0.5, 0.6) is 0 Å². The summed E-state index contributed by atoms with van der Waals surface area (Å²) in [6.45, 7) is 1.61. The number of nitrogens with zero attached hydrogens (tertiary/aromatic N) is 1. The number of ketones is 1. The highest BCUT2D eigenvalue weighted by atomic mass is 16.5. The van der Waals surface area contributed by atoms with Crippen LogP contribution in [-0.4, -0.2) is 29.4 Å². The van der Waals surface area contributed by atoms with Gasteiger partial charge in [0.05, 0.1) is 5.92 Å². The number of ether oxygens (including phenoxy) is 1. The average Bonchev–Trinajstić information content (AvgIpc) is 3.15. The number of carbonyl (C=O) groups is 3. The number of fused-ring (bicyclic) bond motifs is 2. The summed E-state index contributed by atoms with van der Waals surface area (Å²) in [5.41, 5.74) is 2.62. The molecule has 1 amide bonds. The molecule has 0 aliphatic heterocycles. The monoisotopic (exact) mass is 396 g/mol. The first-order valence-electron chi connectivity index (χ1n) is 10.0. The minimum absolute atomic E-state index is 0.0248. The van der Waals surface area contributed by atoms with Crippen molar-refractivity contribution in [3.63, 3.8) is 0 Å². The molecule has 7 heteroatoms. The Morgan fingerprint density at radius 1 is 1.17 bits per heavy atom. The van der Waals surface area contributed by atoms with E-state index < -0.39 is 11.9 Å². The summed E-state index contributed by atoms with van der Waals surface area (Å²) in [5.74, 6) is -0.743. The molecular weight excluding hydrogens is 372 g/mol. The number of Topliss-reactive ketones (excluding diaryl/α,β-unsaturated/α-hetero) is 1. The van der Waals surface area contributed by atoms with Crippen LogP contribution in [0.4, 0.5) is 5.88 Å². The van der Waals surface area contributed by atoms with Crippen molar-refractivity contribution in [3.8, 4) is 11.3 Å². The van der Waals surface area contributed by atoms with Crippen molar-refractivity contribution in [1.29, 1.82) is 0 Å². The number of rotatable bonds is 5. The van der Waals surface area contributed by atoms with E-state index >= 15 is 0 Å². The van der Waals surface area contributed by atoms with E-state index in [4.69, 9.17) is 9.26 Å². The summed E-state index contributed by atoms with van der Waals surface area (Å²) in [6, 6.07) is 9.40. The van der Waals surface area contributed by atoms with Crippen LogP contribution >= 0.6 is 0 Å². The predicted octanol–water partition coefficient (Wildman–Crippen LogP) is 3.53. The van der Waals surface area contributed by atoms with Gasteiger partial charge in [0.1, 0.15) is 11.5 Å². The Kier molecular flexibility index (Phi) is 5.47. The molecule has 4 rings (SSSR count). The van der Waals surface area contributed by atoms with Gasteiger partial charge in [-0.25, -0.2) is 0 Å². The largest absolute Gasteiger partial charge is 0.455 e. The first-order chi connectivity index (χ1) is 14.0. The Morgan fingerprint density at radius 2 is 1.86 bits per heavy atom. The SMILES string of the molecule is Cc1ccc(-c2cc(NC(=O)COC(=O)C3C[C@H]4CCC[C@@H](C3)C4=O)on2)cc1. The molecule has 0 radical (unpaired) electrons. The lowest BCUT2D eigenvalue weighted by atomic mass is 9.67. The summed E-state index contributed by atoms with van der Waals surface area (Å²) >= 11 is 0. The lowest BCUT2D eigenvalue weighted by Crippen LogP contribution is -2.40. The number of nitrogens with one attached hydrogen (secondary N) is 1. The Morgan fingerprint density at radius 3 is 2.55 bits per heavy atom. The second kappa shape index (κ2) is 8.19. The van der Waals surface area contributed by atoms with Gasteiger partial charge < -0.3 is 9.26 Å². The highest BCUT2D eigenvalue weighted by Gasteiger charge is 2.41. The van der Waals surface area contributed by atoms with Crippen molar-refractivity contribution >= 4 is 23.5 Å². The summed E-state index contributed by atoms with van der Waals surface area (Å²) in [4.78, 5) is 36.6. The third-order valence-corrected chi connectivity index (χ3v) is 5.85. The summed E-state index contributed by atoms with van der Waals surface area (Å²) in [5, 5.41) is 6.50. The zero-order valence-corrected chi connectivity index (χ0v) is 16.3. The molecular formula is C22H24N2O5. The van der Waals surface area contributed by atoms with Gasteiger partial charge in [-0.2, -0.15) is 0 Å². The second-order valence-corrected chi connectivity index (χ2v) is 7.99. The molecule has 152 valence electrons. The molecule has 29 heavy (non-hydrogen) atoms. The molecule has 1 N–H and O–H groups in total. The molecule has 1 unspecified atom stereocenters. The molecule has 2 aliphatic rings. The first-order valence-corrected chi connectivity index (χ1v) is 10.0. The lowest BCUT2D eigenvalue weighted by Gasteiger charge is -2.36. The third kappa shape index (κ3) is 4.39. The van der Waals surface area contributed by atoms with Gasteiger partial charge in [-0.15, -0.1) is 0 Å². The Hall–Kier alpha value is -2.96. The third-order valence-electron chi connectivity index (χ3n) is 5.85. The quantitative estimate of drug-likeness (QED) is 0.777. The molecule has 2 saturated carbocycles. The van der Waals surface area contributed by atoms with E-state index in [9.17, 15) is 14.4 Å². The van der Waals surface area contributed by atoms with E-state index in [1.807, 2.05) is 31.2 Å². The van der Waals surface area contributed by atoms with Crippen molar-refractivity contribution in [3.05, 3.63) is 35.9 Å². The number of esters is 1. The number of hydrogen-bond acceptors (Lipinski definition) is 6. The van der Waals surface area contributed by atoms with E-state index in [0.717, 1.165) is 30.4 Å². The Bertz CT molecular complexity index is 902. The molecule has 1 heterocycles. The molecule has 1 aromatic heterocycles. The number of amides is 1. The second-order valence-electron chi connectivity index (χ2n) is 7.99. The van der Waals surface area contributed by atoms with E-state index in [2.05, 4.69) is 10.5 Å². The zero-order chi connectivity index (χ0) is 20.4. The molecule has 0 saturated heterocycles. The van der Waals surface area contributed by atoms with E-state index in [-0.39, 0.29) is 30.2 Å². The molecule has 3 atom stereocenters.